The number of furan rings is 1. The Morgan fingerprint density at radius 1 is 0.960 bits per heavy atom. The maximum absolute atomic E-state index is 11.4. The minimum atomic E-state index is -0.435. The number of methoxy groups -OCH3 is 2. The van der Waals surface area contributed by atoms with E-state index in [1.807, 2.05) is 18.2 Å². The van der Waals surface area contributed by atoms with Crippen molar-refractivity contribution in [1.29, 1.82) is 0 Å². The highest BCUT2D eigenvalue weighted by Crippen LogP contribution is 2.16. The Hall–Kier alpha value is -2.31. The van der Waals surface area contributed by atoms with E-state index in [1.54, 1.807) is 13.2 Å². The summed E-state index contributed by atoms with van der Waals surface area (Å²) in [6.45, 7) is 5.64. The minimum Gasteiger partial charge on any atom is -0.497 e. The quantitative estimate of drug-likeness (QED) is 0.750. The molecule has 6 nitrogen and oxygen atoms in total. The van der Waals surface area contributed by atoms with E-state index in [-0.39, 0.29) is 5.76 Å². The molecule has 0 amide bonds. The fourth-order valence-electron chi connectivity index (χ4n) is 2.99. The molecule has 2 aromatic rings. The van der Waals surface area contributed by atoms with Crippen LogP contribution in [0.1, 0.15) is 21.9 Å². The fraction of sp³-hybridized carbons (Fsp3) is 0.421. The van der Waals surface area contributed by atoms with E-state index >= 15 is 0 Å². The molecule has 1 fully saturated rings. The van der Waals surface area contributed by atoms with Gasteiger partial charge in [0.25, 0.3) is 0 Å². The van der Waals surface area contributed by atoms with Gasteiger partial charge in [0.15, 0.2) is 0 Å². The lowest BCUT2D eigenvalue weighted by molar-refractivity contribution is 0.0559. The largest absolute Gasteiger partial charge is 0.497 e. The number of piperazine rings is 1. The summed E-state index contributed by atoms with van der Waals surface area (Å²) in [5.74, 6) is 1.51. The van der Waals surface area contributed by atoms with E-state index in [9.17, 15) is 4.79 Å². The first kappa shape index (κ1) is 17.5. The number of esters is 1. The Bertz CT molecular complexity index is 688. The van der Waals surface area contributed by atoms with Gasteiger partial charge in [0.2, 0.25) is 5.76 Å². The molecule has 134 valence electrons. The van der Waals surface area contributed by atoms with Gasteiger partial charge in [0.05, 0.1) is 20.8 Å². The van der Waals surface area contributed by atoms with Crippen LogP contribution in [0, 0.1) is 0 Å². The third kappa shape index (κ3) is 4.61. The molecular formula is C19H24N2O4. The highest BCUT2D eigenvalue weighted by atomic mass is 16.5. The normalized spacial score (nSPS) is 15.9. The lowest BCUT2D eigenvalue weighted by Crippen LogP contribution is -2.45. The molecule has 6 heteroatoms. The predicted octanol–water partition coefficient (Wildman–Crippen LogP) is 2.39. The topological polar surface area (TPSA) is 55.2 Å². The Morgan fingerprint density at radius 3 is 2.20 bits per heavy atom. The fourth-order valence-corrected chi connectivity index (χ4v) is 2.99. The zero-order valence-electron chi connectivity index (χ0n) is 14.7. The number of nitrogens with zero attached hydrogens (tertiary/aromatic N) is 2. The first-order valence-electron chi connectivity index (χ1n) is 8.42. The maximum atomic E-state index is 11.4. The molecule has 0 unspecified atom stereocenters. The molecule has 0 N–H and O–H groups in total. The molecule has 0 radical (unpaired) electrons. The standard InChI is InChI=1S/C19H24N2O4/c1-23-16-5-3-15(4-6-16)13-20-9-11-21(12-10-20)14-17-7-8-18(25-17)19(22)24-2/h3-8H,9-14H2,1-2H3. The van der Waals surface area contributed by atoms with Gasteiger partial charge in [0, 0.05) is 32.7 Å². The molecule has 0 saturated carbocycles. The van der Waals surface area contributed by atoms with Gasteiger partial charge in [-0.2, -0.15) is 0 Å². The van der Waals surface area contributed by atoms with Crippen molar-refractivity contribution in [2.24, 2.45) is 0 Å². The van der Waals surface area contributed by atoms with Crippen LogP contribution in [0.5, 0.6) is 5.75 Å². The average Bonchev–Trinajstić information content (AvgIpc) is 3.12. The summed E-state index contributed by atoms with van der Waals surface area (Å²) < 4.78 is 15.4. The second kappa shape index (κ2) is 8.18. The molecule has 0 bridgehead atoms. The van der Waals surface area contributed by atoms with Gasteiger partial charge in [-0.15, -0.1) is 0 Å². The SMILES string of the molecule is COC(=O)c1ccc(CN2CCN(Cc3ccc(OC)cc3)CC2)o1. The summed E-state index contributed by atoms with van der Waals surface area (Å²) in [6.07, 6.45) is 0. The van der Waals surface area contributed by atoms with Gasteiger partial charge >= 0.3 is 5.97 Å². The molecule has 3 rings (SSSR count). The van der Waals surface area contributed by atoms with Crippen molar-refractivity contribution in [1.82, 2.24) is 9.80 Å². The van der Waals surface area contributed by atoms with Crippen LogP contribution >= 0.6 is 0 Å². The van der Waals surface area contributed by atoms with E-state index in [0.717, 1.165) is 44.2 Å². The van der Waals surface area contributed by atoms with Crippen LogP contribution in [-0.4, -0.2) is 56.2 Å². The number of benzene rings is 1. The number of hydrogen-bond acceptors (Lipinski definition) is 6. The van der Waals surface area contributed by atoms with E-state index in [1.165, 1.54) is 12.7 Å². The monoisotopic (exact) mass is 344 g/mol. The molecule has 2 heterocycles. The summed E-state index contributed by atoms with van der Waals surface area (Å²) in [4.78, 5) is 16.2. The van der Waals surface area contributed by atoms with Crippen LogP contribution in [0.4, 0.5) is 0 Å². The van der Waals surface area contributed by atoms with Gasteiger partial charge in [-0.3, -0.25) is 9.80 Å². The average molecular weight is 344 g/mol. The molecule has 1 aliphatic rings. The third-order valence-electron chi connectivity index (χ3n) is 4.46. The third-order valence-corrected chi connectivity index (χ3v) is 4.46. The highest BCUT2D eigenvalue weighted by Gasteiger charge is 2.19. The maximum Gasteiger partial charge on any atom is 0.373 e. The predicted molar refractivity (Wildman–Crippen MR) is 93.6 cm³/mol. The zero-order chi connectivity index (χ0) is 17.6. The number of carbonyl (C=O) groups is 1. The highest BCUT2D eigenvalue weighted by molar-refractivity contribution is 5.86. The Morgan fingerprint density at radius 2 is 1.60 bits per heavy atom. The summed E-state index contributed by atoms with van der Waals surface area (Å²) in [7, 11) is 3.04. The molecule has 1 aliphatic heterocycles. The van der Waals surface area contributed by atoms with Gasteiger partial charge < -0.3 is 13.9 Å². The molecule has 0 spiro atoms. The first-order chi connectivity index (χ1) is 12.2. The van der Waals surface area contributed by atoms with Gasteiger partial charge in [-0.1, -0.05) is 12.1 Å². The van der Waals surface area contributed by atoms with Crippen LogP contribution < -0.4 is 4.74 Å². The van der Waals surface area contributed by atoms with E-state index in [2.05, 4.69) is 26.7 Å². The van der Waals surface area contributed by atoms with Crippen molar-refractivity contribution in [3.05, 3.63) is 53.5 Å². The van der Waals surface area contributed by atoms with Gasteiger partial charge in [-0.25, -0.2) is 4.79 Å². The summed E-state index contributed by atoms with van der Waals surface area (Å²) in [5.41, 5.74) is 1.29. The van der Waals surface area contributed by atoms with Crippen molar-refractivity contribution in [2.75, 3.05) is 40.4 Å². The van der Waals surface area contributed by atoms with Crippen molar-refractivity contribution in [3.63, 3.8) is 0 Å². The molecule has 1 aromatic carbocycles. The smallest absolute Gasteiger partial charge is 0.373 e. The molecule has 0 atom stereocenters. The Balaban J connectivity index is 1.46. The minimum absolute atomic E-state index is 0.260. The second-order valence-electron chi connectivity index (χ2n) is 6.16. The van der Waals surface area contributed by atoms with Crippen LogP contribution in [0.3, 0.4) is 0 Å². The van der Waals surface area contributed by atoms with Crippen LogP contribution in [0.2, 0.25) is 0 Å². The van der Waals surface area contributed by atoms with E-state index < -0.39 is 5.97 Å². The first-order valence-corrected chi connectivity index (χ1v) is 8.42. The van der Waals surface area contributed by atoms with E-state index in [0.29, 0.717) is 6.54 Å². The van der Waals surface area contributed by atoms with Crippen molar-refractivity contribution in [2.45, 2.75) is 13.1 Å². The second-order valence-corrected chi connectivity index (χ2v) is 6.16. The van der Waals surface area contributed by atoms with Crippen molar-refractivity contribution < 1.29 is 18.7 Å². The zero-order valence-corrected chi connectivity index (χ0v) is 14.7. The number of ether oxygens (including phenoxy) is 2. The van der Waals surface area contributed by atoms with Gasteiger partial charge in [-0.05, 0) is 29.8 Å². The van der Waals surface area contributed by atoms with Gasteiger partial charge in [0.1, 0.15) is 11.5 Å². The molecule has 0 aliphatic carbocycles. The summed E-state index contributed by atoms with van der Waals surface area (Å²) in [5, 5.41) is 0. The van der Waals surface area contributed by atoms with Crippen molar-refractivity contribution >= 4 is 5.97 Å². The van der Waals surface area contributed by atoms with Crippen LogP contribution in [0.15, 0.2) is 40.8 Å². The summed E-state index contributed by atoms with van der Waals surface area (Å²) >= 11 is 0. The molecule has 1 aromatic heterocycles. The van der Waals surface area contributed by atoms with E-state index in [4.69, 9.17) is 9.15 Å². The number of rotatable bonds is 6. The Kier molecular flexibility index (Phi) is 5.73. The van der Waals surface area contributed by atoms with Crippen LogP contribution in [0.25, 0.3) is 0 Å². The molecule has 1 saturated heterocycles. The molecule has 25 heavy (non-hydrogen) atoms. The Labute approximate surface area is 147 Å². The van der Waals surface area contributed by atoms with Crippen LogP contribution in [-0.2, 0) is 17.8 Å². The number of hydrogen-bond donors (Lipinski definition) is 0. The summed E-state index contributed by atoms with van der Waals surface area (Å²) in [6, 6.07) is 11.7. The lowest BCUT2D eigenvalue weighted by atomic mass is 10.2. The number of carbonyl (C=O) groups excluding carboxylic acids is 1. The molecular weight excluding hydrogens is 320 g/mol. The lowest BCUT2D eigenvalue weighted by Gasteiger charge is -2.34. The van der Waals surface area contributed by atoms with Crippen molar-refractivity contribution in [3.8, 4) is 5.75 Å².